The molecule has 2 heterocycles. The van der Waals surface area contributed by atoms with Crippen molar-refractivity contribution in [3.05, 3.63) is 29.8 Å². The van der Waals surface area contributed by atoms with Crippen LogP contribution in [0.1, 0.15) is 18.9 Å². The molecular weight excluding hydrogens is 503 g/mol. The third-order valence-electron chi connectivity index (χ3n) is 7.23. The molecule has 4 rings (SSSR count). The Bertz CT molecular complexity index is 945. The second kappa shape index (κ2) is 10.5. The van der Waals surface area contributed by atoms with E-state index in [0.29, 0.717) is 5.56 Å². The summed E-state index contributed by atoms with van der Waals surface area (Å²) in [5.74, 6) is -2.78. The Kier molecular flexibility index (Phi) is 8.08. The largest absolute Gasteiger partial charge is 0.573 e. The maximum atomic E-state index is 12.5. The molecule has 3 aliphatic rings. The average Bonchev–Trinajstić information content (AvgIpc) is 2.79. The Morgan fingerprint density at radius 3 is 2.41 bits per heavy atom. The molecule has 1 saturated carbocycles. The molecule has 1 aromatic carbocycles. The summed E-state index contributed by atoms with van der Waals surface area (Å²) in [4.78, 5) is 0. The molecule has 14 heteroatoms. The maximum absolute atomic E-state index is 12.5. The number of aliphatic hydroxyl groups is 4. The lowest BCUT2D eigenvalue weighted by Gasteiger charge is -2.60. The number of halogens is 3. The first-order chi connectivity index (χ1) is 17.3. The van der Waals surface area contributed by atoms with Gasteiger partial charge in [-0.15, -0.1) is 13.2 Å². The SMILES string of the molecule is CN[C@@H]1[C@H](O)[C@H](NC)[C@H]2O[C@]3(O)[C@H](O[C@@H]2[C@H]1O)O[C@H](C)C[C@@]3(O)CNCc1cccc(OC(F)(F)F)c1. The molecular formula is C23H34F3N3O8. The second-order valence-electron chi connectivity index (χ2n) is 9.80. The van der Waals surface area contributed by atoms with Gasteiger partial charge in [0, 0.05) is 19.5 Å². The van der Waals surface area contributed by atoms with Crippen molar-refractivity contribution >= 4 is 0 Å². The topological polar surface area (TPSA) is 154 Å². The lowest BCUT2D eigenvalue weighted by Crippen LogP contribution is -2.81. The molecule has 7 N–H and O–H groups in total. The monoisotopic (exact) mass is 537 g/mol. The fraction of sp³-hybridized carbons (Fsp3) is 0.739. The summed E-state index contributed by atoms with van der Waals surface area (Å²) in [6, 6.07) is 3.83. The van der Waals surface area contributed by atoms with Crippen LogP contribution in [-0.2, 0) is 20.8 Å². The van der Waals surface area contributed by atoms with Crippen molar-refractivity contribution in [2.24, 2.45) is 0 Å². The molecule has 11 nitrogen and oxygen atoms in total. The van der Waals surface area contributed by atoms with E-state index in [9.17, 15) is 33.6 Å². The van der Waals surface area contributed by atoms with E-state index in [0.717, 1.165) is 0 Å². The highest BCUT2D eigenvalue weighted by Gasteiger charge is 2.68. The number of aliphatic hydroxyl groups excluding tert-OH is 2. The van der Waals surface area contributed by atoms with Gasteiger partial charge in [-0.05, 0) is 38.7 Å². The van der Waals surface area contributed by atoms with E-state index in [1.807, 2.05) is 0 Å². The first-order valence-electron chi connectivity index (χ1n) is 12.0. The summed E-state index contributed by atoms with van der Waals surface area (Å²) < 4.78 is 59.3. The van der Waals surface area contributed by atoms with Gasteiger partial charge in [0.15, 0.2) is 0 Å². The first kappa shape index (κ1) is 28.4. The highest BCUT2D eigenvalue weighted by Crippen LogP contribution is 2.46. The van der Waals surface area contributed by atoms with Crippen LogP contribution in [0.15, 0.2) is 24.3 Å². The average molecular weight is 538 g/mol. The van der Waals surface area contributed by atoms with Crippen molar-refractivity contribution in [3.8, 4) is 5.75 Å². The van der Waals surface area contributed by atoms with E-state index in [2.05, 4.69) is 20.7 Å². The second-order valence-corrected chi connectivity index (χ2v) is 9.80. The van der Waals surface area contributed by atoms with Crippen LogP contribution < -0.4 is 20.7 Å². The van der Waals surface area contributed by atoms with Crippen molar-refractivity contribution in [1.29, 1.82) is 0 Å². The summed E-state index contributed by atoms with van der Waals surface area (Å²) in [7, 11) is 3.16. The molecule has 0 unspecified atom stereocenters. The number of benzene rings is 1. The van der Waals surface area contributed by atoms with Gasteiger partial charge in [0.25, 0.3) is 0 Å². The van der Waals surface area contributed by atoms with Crippen LogP contribution in [0.2, 0.25) is 0 Å². The van der Waals surface area contributed by atoms with Crippen molar-refractivity contribution in [2.75, 3.05) is 20.6 Å². The van der Waals surface area contributed by atoms with Crippen LogP contribution in [0.5, 0.6) is 5.75 Å². The molecule has 2 saturated heterocycles. The van der Waals surface area contributed by atoms with E-state index in [4.69, 9.17) is 14.2 Å². The molecule has 2 aliphatic heterocycles. The molecule has 10 atom stereocenters. The summed E-state index contributed by atoms with van der Waals surface area (Å²) in [5, 5.41) is 53.6. The van der Waals surface area contributed by atoms with E-state index >= 15 is 0 Å². The fourth-order valence-corrected chi connectivity index (χ4v) is 5.49. The summed E-state index contributed by atoms with van der Waals surface area (Å²) in [5.41, 5.74) is -1.52. The molecule has 1 aliphatic carbocycles. The summed E-state index contributed by atoms with van der Waals surface area (Å²) in [6.07, 6.45) is -11.3. The Labute approximate surface area is 211 Å². The predicted molar refractivity (Wildman–Crippen MR) is 121 cm³/mol. The minimum absolute atomic E-state index is 0.0423. The zero-order valence-electron chi connectivity index (χ0n) is 20.6. The Morgan fingerprint density at radius 1 is 1.05 bits per heavy atom. The highest BCUT2D eigenvalue weighted by molar-refractivity contribution is 5.28. The van der Waals surface area contributed by atoms with Crippen molar-refractivity contribution < 1.29 is 52.5 Å². The molecule has 0 amide bonds. The van der Waals surface area contributed by atoms with Gasteiger partial charge >= 0.3 is 6.36 Å². The number of ether oxygens (including phenoxy) is 4. The van der Waals surface area contributed by atoms with E-state index in [1.54, 1.807) is 27.1 Å². The first-order valence-corrected chi connectivity index (χ1v) is 12.0. The van der Waals surface area contributed by atoms with Gasteiger partial charge in [0.2, 0.25) is 12.1 Å². The van der Waals surface area contributed by atoms with E-state index in [1.165, 1.54) is 18.2 Å². The molecule has 0 bridgehead atoms. The van der Waals surface area contributed by atoms with E-state index in [-0.39, 0.29) is 25.3 Å². The van der Waals surface area contributed by atoms with Gasteiger partial charge in [-0.3, -0.25) is 0 Å². The molecule has 0 aromatic heterocycles. The maximum Gasteiger partial charge on any atom is 0.573 e. The van der Waals surface area contributed by atoms with Crippen LogP contribution in [0.3, 0.4) is 0 Å². The standard InChI is InChI=1S/C23H34F3N3O8/c1-11-8-21(32,10-29-9-12-5-4-6-13(7-12)36-23(24,25)26)22(33)20(34-11)35-19-17(31)14(27-2)16(30)15(28-3)18(19)37-22/h4-7,11,14-20,27-33H,8-10H2,1-3H3/t11-,14-,15+,16+,17+,18-,19-,20+,21-,22-/m1/s1. The van der Waals surface area contributed by atoms with Gasteiger partial charge in [0.1, 0.15) is 29.7 Å². The highest BCUT2D eigenvalue weighted by atomic mass is 19.4. The number of hydrogen-bond donors (Lipinski definition) is 7. The lowest BCUT2D eigenvalue weighted by atomic mass is 9.77. The zero-order valence-corrected chi connectivity index (χ0v) is 20.6. The van der Waals surface area contributed by atoms with Crippen molar-refractivity contribution in [3.63, 3.8) is 0 Å². The van der Waals surface area contributed by atoms with Gasteiger partial charge < -0.3 is 55.3 Å². The minimum atomic E-state index is -4.83. The molecule has 3 fully saturated rings. The van der Waals surface area contributed by atoms with Gasteiger partial charge in [-0.25, -0.2) is 0 Å². The predicted octanol–water partition coefficient (Wildman–Crippen LogP) is -1.08. The van der Waals surface area contributed by atoms with Crippen LogP contribution in [0, 0.1) is 0 Å². The van der Waals surface area contributed by atoms with Crippen molar-refractivity contribution in [2.45, 2.75) is 86.5 Å². The lowest BCUT2D eigenvalue weighted by molar-refractivity contribution is -0.482. The van der Waals surface area contributed by atoms with Crippen molar-refractivity contribution in [1.82, 2.24) is 16.0 Å². The van der Waals surface area contributed by atoms with Gasteiger partial charge in [-0.1, -0.05) is 12.1 Å². The summed E-state index contributed by atoms with van der Waals surface area (Å²) in [6.45, 7) is 1.47. The van der Waals surface area contributed by atoms with Gasteiger partial charge in [-0.2, -0.15) is 0 Å². The van der Waals surface area contributed by atoms with Crippen LogP contribution in [-0.4, -0.2) is 108 Å². The Hall–Kier alpha value is -1.59. The minimum Gasteiger partial charge on any atom is -0.406 e. The molecule has 37 heavy (non-hydrogen) atoms. The van der Waals surface area contributed by atoms with Gasteiger partial charge in [0.05, 0.1) is 24.3 Å². The van der Waals surface area contributed by atoms with Crippen LogP contribution >= 0.6 is 0 Å². The van der Waals surface area contributed by atoms with E-state index < -0.39 is 66.6 Å². The third-order valence-corrected chi connectivity index (χ3v) is 7.23. The number of hydrogen-bond acceptors (Lipinski definition) is 11. The fourth-order valence-electron chi connectivity index (χ4n) is 5.49. The molecule has 1 aromatic rings. The zero-order chi connectivity index (χ0) is 27.2. The van der Waals surface area contributed by atoms with Crippen LogP contribution in [0.4, 0.5) is 13.2 Å². The number of likely N-dealkylation sites (N-methyl/N-ethyl adjacent to an activating group) is 2. The number of nitrogens with one attached hydrogen (secondary N) is 3. The summed E-state index contributed by atoms with van der Waals surface area (Å²) >= 11 is 0. The number of rotatable bonds is 7. The Balaban J connectivity index is 1.52. The molecule has 0 radical (unpaired) electrons. The molecule has 210 valence electrons. The third kappa shape index (κ3) is 5.45. The smallest absolute Gasteiger partial charge is 0.406 e. The number of fused-ring (bicyclic) bond motifs is 2. The normalized spacial score (nSPS) is 42.1. The Morgan fingerprint density at radius 2 is 1.76 bits per heavy atom. The van der Waals surface area contributed by atoms with Crippen LogP contribution in [0.25, 0.3) is 0 Å². The molecule has 0 spiro atoms. The quantitative estimate of drug-likeness (QED) is 0.227. The number of alkyl halides is 3.